The highest BCUT2D eigenvalue weighted by molar-refractivity contribution is 7.09. The van der Waals surface area contributed by atoms with Crippen LogP contribution < -0.4 is 18.9 Å². The van der Waals surface area contributed by atoms with Crippen LogP contribution in [0.2, 0.25) is 0 Å². The normalized spacial score (nSPS) is 14.7. The van der Waals surface area contributed by atoms with Crippen LogP contribution in [0.4, 0.5) is 0 Å². The van der Waals surface area contributed by atoms with Gasteiger partial charge in [0.1, 0.15) is 10.7 Å². The third kappa shape index (κ3) is 7.34. The summed E-state index contributed by atoms with van der Waals surface area (Å²) in [6, 6.07) is 22.8. The zero-order valence-electron chi connectivity index (χ0n) is 25.4. The molecule has 0 saturated carbocycles. The Morgan fingerprint density at radius 1 is 0.909 bits per heavy atom. The lowest BCUT2D eigenvalue weighted by Gasteiger charge is -2.31. The minimum absolute atomic E-state index is 0.0401. The zero-order valence-corrected chi connectivity index (χ0v) is 26.2. The Balaban J connectivity index is 1.10. The number of hydrogen-bond donors (Lipinski definition) is 0. The van der Waals surface area contributed by atoms with E-state index in [-0.39, 0.29) is 12.7 Å². The number of carbonyl (C=O) groups is 1. The highest BCUT2D eigenvalue weighted by Gasteiger charge is 2.26. The lowest BCUT2D eigenvalue weighted by Crippen LogP contribution is -2.39. The molecule has 2 aliphatic heterocycles. The second-order valence-corrected chi connectivity index (χ2v) is 12.3. The molecule has 3 aromatic carbocycles. The van der Waals surface area contributed by atoms with Gasteiger partial charge in [0.05, 0.1) is 20.8 Å². The van der Waals surface area contributed by atoms with Crippen molar-refractivity contribution in [1.82, 2.24) is 14.8 Å². The maximum atomic E-state index is 13.4. The van der Waals surface area contributed by atoms with Crippen molar-refractivity contribution in [3.8, 4) is 23.0 Å². The van der Waals surface area contributed by atoms with Gasteiger partial charge in [0.25, 0.3) is 5.91 Å². The molecule has 3 heterocycles. The summed E-state index contributed by atoms with van der Waals surface area (Å²) >= 11 is 1.55. The van der Waals surface area contributed by atoms with E-state index in [1.165, 1.54) is 5.56 Å². The van der Waals surface area contributed by atoms with Gasteiger partial charge >= 0.3 is 0 Å². The number of aromatic nitrogens is 1. The first-order valence-corrected chi connectivity index (χ1v) is 16.1. The molecule has 1 aromatic heterocycles. The number of ether oxygens (including phenoxy) is 4. The van der Waals surface area contributed by atoms with Crippen molar-refractivity contribution in [3.63, 3.8) is 0 Å². The Labute approximate surface area is 263 Å². The largest absolute Gasteiger partial charge is 0.493 e. The Hall–Kier alpha value is -4.08. The minimum Gasteiger partial charge on any atom is -0.493 e. The Morgan fingerprint density at radius 3 is 2.48 bits per heavy atom. The molecule has 6 rings (SSSR count). The molecule has 8 nitrogen and oxygen atoms in total. The summed E-state index contributed by atoms with van der Waals surface area (Å²) in [5.41, 5.74) is 4.21. The third-order valence-electron chi connectivity index (χ3n) is 8.41. The molecule has 0 radical (unpaired) electrons. The van der Waals surface area contributed by atoms with Gasteiger partial charge in [-0.05, 0) is 72.6 Å². The smallest absolute Gasteiger partial charge is 0.273 e. The maximum absolute atomic E-state index is 13.4. The van der Waals surface area contributed by atoms with Crippen molar-refractivity contribution in [3.05, 3.63) is 99.5 Å². The molecule has 230 valence electrons. The van der Waals surface area contributed by atoms with Crippen LogP contribution in [-0.2, 0) is 25.9 Å². The van der Waals surface area contributed by atoms with Crippen LogP contribution in [0.1, 0.15) is 45.0 Å². The number of thiazole rings is 1. The molecule has 0 bridgehead atoms. The van der Waals surface area contributed by atoms with E-state index in [9.17, 15) is 4.79 Å². The number of fused-ring (bicyclic) bond motifs is 1. The molecule has 4 aromatic rings. The molecule has 0 unspecified atom stereocenters. The molecule has 1 fully saturated rings. The topological polar surface area (TPSA) is 73.4 Å². The van der Waals surface area contributed by atoms with Crippen LogP contribution in [0.25, 0.3) is 0 Å². The van der Waals surface area contributed by atoms with E-state index in [2.05, 4.69) is 47.4 Å². The highest BCUT2D eigenvalue weighted by Crippen LogP contribution is 2.33. The van der Waals surface area contributed by atoms with Crippen LogP contribution in [0.5, 0.6) is 23.0 Å². The number of piperidine rings is 1. The van der Waals surface area contributed by atoms with Gasteiger partial charge in [0, 0.05) is 31.6 Å². The average Bonchev–Trinajstić information content (AvgIpc) is 3.73. The van der Waals surface area contributed by atoms with Gasteiger partial charge in [-0.1, -0.05) is 42.5 Å². The second-order valence-electron chi connectivity index (χ2n) is 11.4. The van der Waals surface area contributed by atoms with Crippen LogP contribution in [0, 0.1) is 5.92 Å². The first-order valence-electron chi connectivity index (χ1n) is 15.2. The van der Waals surface area contributed by atoms with Crippen molar-refractivity contribution in [2.24, 2.45) is 5.92 Å². The monoisotopic (exact) mass is 613 g/mol. The predicted octanol–water partition coefficient (Wildman–Crippen LogP) is 6.23. The van der Waals surface area contributed by atoms with Gasteiger partial charge in [-0.25, -0.2) is 4.98 Å². The van der Waals surface area contributed by atoms with Gasteiger partial charge < -0.3 is 23.8 Å². The highest BCUT2D eigenvalue weighted by atomic mass is 32.1. The minimum atomic E-state index is 0.0401. The van der Waals surface area contributed by atoms with Gasteiger partial charge in [0.15, 0.2) is 23.0 Å². The number of likely N-dealkylation sites (tertiary alicyclic amines) is 1. The van der Waals surface area contributed by atoms with Crippen molar-refractivity contribution in [2.45, 2.75) is 38.8 Å². The summed E-state index contributed by atoms with van der Waals surface area (Å²) in [5.74, 6) is 3.64. The predicted molar refractivity (Wildman–Crippen MR) is 171 cm³/mol. The van der Waals surface area contributed by atoms with Gasteiger partial charge in [-0.3, -0.25) is 9.69 Å². The molecule has 9 heteroatoms. The van der Waals surface area contributed by atoms with E-state index in [0.29, 0.717) is 30.5 Å². The van der Waals surface area contributed by atoms with Crippen LogP contribution in [0.15, 0.2) is 72.1 Å². The van der Waals surface area contributed by atoms with Crippen molar-refractivity contribution >= 4 is 17.2 Å². The van der Waals surface area contributed by atoms with Crippen molar-refractivity contribution in [1.29, 1.82) is 0 Å². The van der Waals surface area contributed by atoms with Crippen LogP contribution in [-0.4, -0.2) is 61.3 Å². The Kier molecular flexibility index (Phi) is 9.63. The first-order chi connectivity index (χ1) is 21.6. The van der Waals surface area contributed by atoms with Gasteiger partial charge in [0.2, 0.25) is 6.79 Å². The summed E-state index contributed by atoms with van der Waals surface area (Å²) in [4.78, 5) is 22.5. The number of rotatable bonds is 12. The van der Waals surface area contributed by atoms with E-state index >= 15 is 0 Å². The maximum Gasteiger partial charge on any atom is 0.273 e. The molecular formula is C35H39N3O5S. The number of benzene rings is 3. The zero-order chi connectivity index (χ0) is 30.3. The SMILES string of the molecule is COc1ccc(CCN(Cc2ccc3c(c2)OCO3)Cc2nc(C(=O)N3CCC(Cc4ccccc4)CC3)cs2)cc1OC. The van der Waals surface area contributed by atoms with E-state index in [1.54, 1.807) is 25.6 Å². The molecule has 0 spiro atoms. The third-order valence-corrected chi connectivity index (χ3v) is 9.24. The summed E-state index contributed by atoms with van der Waals surface area (Å²) in [7, 11) is 3.30. The molecule has 1 amide bonds. The second kappa shape index (κ2) is 14.1. The van der Waals surface area contributed by atoms with Gasteiger partial charge in [-0.15, -0.1) is 11.3 Å². The van der Waals surface area contributed by atoms with Crippen LogP contribution in [0.3, 0.4) is 0 Å². The van der Waals surface area contributed by atoms with E-state index in [4.69, 9.17) is 23.9 Å². The fraction of sp³-hybridized carbons (Fsp3) is 0.371. The quantitative estimate of drug-likeness (QED) is 0.188. The Morgan fingerprint density at radius 2 is 1.68 bits per heavy atom. The molecule has 0 N–H and O–H groups in total. The van der Waals surface area contributed by atoms with Crippen LogP contribution >= 0.6 is 11.3 Å². The molecule has 44 heavy (non-hydrogen) atoms. The lowest BCUT2D eigenvalue weighted by molar-refractivity contribution is 0.0685. The van der Waals surface area contributed by atoms with Crippen molar-refractivity contribution in [2.75, 3.05) is 40.6 Å². The van der Waals surface area contributed by atoms with E-state index < -0.39 is 0 Å². The standard InChI is InChI=1S/C35H39N3O5S/c1-40-30-10-8-26(19-32(30)41-2)12-15-37(21-28-9-11-31-33(20-28)43-24-42-31)22-34-36-29(23-44-34)35(39)38-16-13-27(14-17-38)18-25-6-4-3-5-7-25/h3-11,19-20,23,27H,12-18,21-22,24H2,1-2H3. The van der Waals surface area contributed by atoms with E-state index in [0.717, 1.165) is 78.7 Å². The first kappa shape index (κ1) is 30.0. The Bertz CT molecular complexity index is 1550. The van der Waals surface area contributed by atoms with Gasteiger partial charge in [-0.2, -0.15) is 0 Å². The summed E-state index contributed by atoms with van der Waals surface area (Å²) in [6.07, 6.45) is 3.94. The van der Waals surface area contributed by atoms with E-state index in [1.807, 2.05) is 34.5 Å². The number of amides is 1. The molecular weight excluding hydrogens is 574 g/mol. The number of nitrogens with zero attached hydrogens (tertiary/aromatic N) is 3. The number of methoxy groups -OCH3 is 2. The summed E-state index contributed by atoms with van der Waals surface area (Å²) < 4.78 is 22.1. The fourth-order valence-corrected chi connectivity index (χ4v) is 6.77. The lowest BCUT2D eigenvalue weighted by atomic mass is 9.90. The van der Waals surface area contributed by atoms with Crippen molar-refractivity contribution < 1.29 is 23.7 Å². The molecule has 1 saturated heterocycles. The average molecular weight is 614 g/mol. The molecule has 0 atom stereocenters. The number of hydrogen-bond acceptors (Lipinski definition) is 8. The fourth-order valence-electron chi connectivity index (χ4n) is 5.96. The molecule has 2 aliphatic rings. The number of carbonyl (C=O) groups excluding carboxylic acids is 1. The molecule has 0 aliphatic carbocycles. The summed E-state index contributed by atoms with van der Waals surface area (Å²) in [6.45, 7) is 3.96. The summed E-state index contributed by atoms with van der Waals surface area (Å²) in [5, 5.41) is 2.85.